The van der Waals surface area contributed by atoms with Gasteiger partial charge in [0.2, 0.25) is 0 Å². The predicted octanol–water partition coefficient (Wildman–Crippen LogP) is 3.82. The number of benzene rings is 1. The maximum absolute atomic E-state index is 13.3. The van der Waals surface area contributed by atoms with Crippen molar-refractivity contribution in [1.29, 1.82) is 0 Å². The van der Waals surface area contributed by atoms with Crippen molar-refractivity contribution in [3.05, 3.63) is 40.0 Å². The number of halogens is 4. The van der Waals surface area contributed by atoms with Crippen molar-refractivity contribution >= 4 is 34.1 Å². The molecule has 0 aliphatic heterocycles. The Morgan fingerprint density at radius 2 is 1.86 bits per heavy atom. The summed E-state index contributed by atoms with van der Waals surface area (Å²) >= 11 is 11.4. The smallest absolute Gasteiger partial charge is 0.137 e. The summed E-state index contributed by atoms with van der Waals surface area (Å²) in [6, 6.07) is 1.84. The lowest BCUT2D eigenvalue weighted by Gasteiger charge is -2.02. The lowest BCUT2D eigenvalue weighted by atomic mass is 10.2. The Morgan fingerprint density at radius 1 is 1.14 bits per heavy atom. The summed E-state index contributed by atoms with van der Waals surface area (Å²) in [5.41, 5.74) is 0.150. The molecule has 0 radical (unpaired) electrons. The van der Waals surface area contributed by atoms with Gasteiger partial charge in [-0.2, -0.15) is 0 Å². The van der Waals surface area contributed by atoms with E-state index in [2.05, 4.69) is 4.98 Å². The predicted molar refractivity (Wildman–Crippen MR) is 51.7 cm³/mol. The maximum Gasteiger partial charge on any atom is 0.137 e. The lowest BCUT2D eigenvalue weighted by Crippen LogP contribution is -1.88. The van der Waals surface area contributed by atoms with Gasteiger partial charge in [-0.15, -0.1) is 0 Å². The molecule has 0 spiro atoms. The highest BCUT2D eigenvalue weighted by Crippen LogP contribution is 2.31. The highest BCUT2D eigenvalue weighted by atomic mass is 35.5. The Hall–Kier alpha value is -0.930. The van der Waals surface area contributed by atoms with Gasteiger partial charge in [-0.1, -0.05) is 23.2 Å². The van der Waals surface area contributed by atoms with Crippen molar-refractivity contribution in [2.24, 2.45) is 0 Å². The van der Waals surface area contributed by atoms with Crippen molar-refractivity contribution < 1.29 is 8.78 Å². The summed E-state index contributed by atoms with van der Waals surface area (Å²) in [6.45, 7) is 0. The van der Waals surface area contributed by atoms with Crippen LogP contribution in [0, 0.1) is 11.6 Å². The number of hydrogen-bond acceptors (Lipinski definition) is 1. The average molecular weight is 234 g/mol. The summed E-state index contributed by atoms with van der Waals surface area (Å²) in [5.74, 6) is -1.46. The topological polar surface area (TPSA) is 12.9 Å². The van der Waals surface area contributed by atoms with E-state index in [9.17, 15) is 8.78 Å². The molecule has 0 amide bonds. The van der Waals surface area contributed by atoms with Crippen molar-refractivity contribution in [2.75, 3.05) is 0 Å². The molecule has 5 heteroatoms. The van der Waals surface area contributed by atoms with Crippen LogP contribution in [0.5, 0.6) is 0 Å². The third kappa shape index (κ3) is 1.42. The molecule has 14 heavy (non-hydrogen) atoms. The molecule has 0 fully saturated rings. The van der Waals surface area contributed by atoms with Gasteiger partial charge in [0.15, 0.2) is 0 Å². The molecule has 0 saturated carbocycles. The maximum atomic E-state index is 13.3. The van der Waals surface area contributed by atoms with Crippen molar-refractivity contribution in [2.45, 2.75) is 0 Å². The van der Waals surface area contributed by atoms with E-state index in [1.54, 1.807) is 0 Å². The van der Waals surface area contributed by atoms with Crippen LogP contribution >= 0.6 is 23.2 Å². The number of hydrogen-bond donors (Lipinski definition) is 0. The lowest BCUT2D eigenvalue weighted by molar-refractivity contribution is 0.591. The second kappa shape index (κ2) is 3.33. The Bertz CT molecular complexity index is 514. The van der Waals surface area contributed by atoms with E-state index >= 15 is 0 Å². The van der Waals surface area contributed by atoms with Crippen molar-refractivity contribution in [3.63, 3.8) is 0 Å². The van der Waals surface area contributed by atoms with E-state index < -0.39 is 11.6 Å². The van der Waals surface area contributed by atoms with Gasteiger partial charge in [-0.25, -0.2) is 8.78 Å². The first-order valence-electron chi connectivity index (χ1n) is 3.68. The van der Waals surface area contributed by atoms with E-state index in [1.165, 1.54) is 6.20 Å². The summed E-state index contributed by atoms with van der Waals surface area (Å²) in [6.07, 6.45) is 1.26. The molecule has 0 saturated heterocycles. The Kier molecular flexibility index (Phi) is 2.29. The highest BCUT2D eigenvalue weighted by molar-refractivity contribution is 6.45. The van der Waals surface area contributed by atoms with E-state index in [1.807, 2.05) is 0 Å². The summed E-state index contributed by atoms with van der Waals surface area (Å²) in [5, 5.41) is 0.236. The van der Waals surface area contributed by atoms with Gasteiger partial charge in [0.1, 0.15) is 11.6 Å². The van der Waals surface area contributed by atoms with Gasteiger partial charge < -0.3 is 0 Å². The Balaban J connectivity index is 2.95. The Labute approximate surface area is 88.3 Å². The van der Waals surface area contributed by atoms with Crippen LogP contribution in [0.4, 0.5) is 8.78 Å². The minimum absolute atomic E-state index is 0.0422. The van der Waals surface area contributed by atoms with Crippen LogP contribution in [-0.4, -0.2) is 4.98 Å². The second-order valence-electron chi connectivity index (χ2n) is 2.70. The van der Waals surface area contributed by atoms with Gasteiger partial charge >= 0.3 is 0 Å². The monoisotopic (exact) mass is 233 g/mol. The number of aromatic nitrogens is 1. The van der Waals surface area contributed by atoms with Crippen molar-refractivity contribution in [3.8, 4) is 0 Å². The van der Waals surface area contributed by atoms with Gasteiger partial charge in [0, 0.05) is 18.3 Å². The molecular weight excluding hydrogens is 231 g/mol. The van der Waals surface area contributed by atoms with E-state index in [4.69, 9.17) is 23.2 Å². The molecule has 2 rings (SSSR count). The first kappa shape index (κ1) is 9.62. The quantitative estimate of drug-likeness (QED) is 0.675. The number of rotatable bonds is 0. The summed E-state index contributed by atoms with van der Waals surface area (Å²) in [7, 11) is 0. The van der Waals surface area contributed by atoms with Crippen LogP contribution in [0.25, 0.3) is 10.9 Å². The van der Waals surface area contributed by atoms with Crippen LogP contribution < -0.4 is 0 Å². The van der Waals surface area contributed by atoms with Crippen LogP contribution in [0.15, 0.2) is 18.3 Å². The first-order chi connectivity index (χ1) is 6.59. The molecule has 0 unspecified atom stereocenters. The fourth-order valence-electron chi connectivity index (χ4n) is 1.18. The molecule has 1 aromatic carbocycles. The van der Waals surface area contributed by atoms with E-state index in [0.717, 1.165) is 12.1 Å². The highest BCUT2D eigenvalue weighted by Gasteiger charge is 2.11. The molecule has 72 valence electrons. The van der Waals surface area contributed by atoms with Gasteiger partial charge in [0.25, 0.3) is 0 Å². The zero-order chi connectivity index (χ0) is 10.3. The molecule has 0 N–H and O–H groups in total. The van der Waals surface area contributed by atoms with Crippen LogP contribution in [0.3, 0.4) is 0 Å². The summed E-state index contributed by atoms with van der Waals surface area (Å²) < 4.78 is 26.0. The minimum atomic E-state index is -0.764. The Morgan fingerprint density at radius 3 is 2.57 bits per heavy atom. The zero-order valence-electron chi connectivity index (χ0n) is 6.69. The fourth-order valence-corrected chi connectivity index (χ4v) is 1.56. The number of nitrogens with zero attached hydrogens (tertiary/aromatic N) is 1. The fraction of sp³-hybridized carbons (Fsp3) is 0. The molecule has 0 bridgehead atoms. The largest absolute Gasteiger partial charge is 0.254 e. The van der Waals surface area contributed by atoms with Gasteiger partial charge in [-0.3, -0.25) is 4.98 Å². The van der Waals surface area contributed by atoms with Gasteiger partial charge in [-0.05, 0) is 0 Å². The normalized spacial score (nSPS) is 10.9. The second-order valence-corrected chi connectivity index (χ2v) is 3.49. The zero-order valence-corrected chi connectivity index (χ0v) is 8.20. The standard InChI is InChI=1S/C9H3Cl2F2N/c10-5-3-14-7-2-4(12)1-6(13)8(7)9(5)11/h1-3H. The molecule has 1 heterocycles. The minimum Gasteiger partial charge on any atom is -0.254 e. The number of fused-ring (bicyclic) bond motifs is 1. The molecule has 0 atom stereocenters. The third-order valence-corrected chi connectivity index (χ3v) is 2.56. The van der Waals surface area contributed by atoms with E-state index in [-0.39, 0.29) is 20.9 Å². The number of pyridine rings is 1. The SMILES string of the molecule is Fc1cc(F)c2c(Cl)c(Cl)cnc2c1. The van der Waals surface area contributed by atoms with Crippen LogP contribution in [-0.2, 0) is 0 Å². The third-order valence-electron chi connectivity index (χ3n) is 1.78. The van der Waals surface area contributed by atoms with Crippen molar-refractivity contribution in [1.82, 2.24) is 4.98 Å². The molecule has 2 aromatic rings. The van der Waals surface area contributed by atoms with Gasteiger partial charge in [0.05, 0.1) is 20.9 Å². The summed E-state index contributed by atoms with van der Waals surface area (Å²) in [4.78, 5) is 3.77. The molecule has 1 nitrogen and oxygen atoms in total. The average Bonchev–Trinajstić information content (AvgIpc) is 2.10. The van der Waals surface area contributed by atoms with Crippen LogP contribution in [0.1, 0.15) is 0 Å². The molecule has 1 aromatic heterocycles. The first-order valence-corrected chi connectivity index (χ1v) is 4.44. The molecule has 0 aliphatic carbocycles. The van der Waals surface area contributed by atoms with Crippen LogP contribution in [0.2, 0.25) is 10.0 Å². The molecular formula is C9H3Cl2F2N. The molecule has 0 aliphatic rings. The van der Waals surface area contributed by atoms with E-state index in [0.29, 0.717) is 0 Å².